The second-order valence-corrected chi connectivity index (χ2v) is 10.9. The maximum absolute atomic E-state index is 11.8. The van der Waals surface area contributed by atoms with Crippen molar-refractivity contribution < 1.29 is 8.42 Å². The molecule has 0 bridgehead atoms. The number of halogens is 1. The van der Waals surface area contributed by atoms with Crippen molar-refractivity contribution >= 4 is 44.8 Å². The van der Waals surface area contributed by atoms with Gasteiger partial charge in [0.05, 0.1) is 12.5 Å². The predicted molar refractivity (Wildman–Crippen MR) is 131 cm³/mol. The second kappa shape index (κ2) is 9.80. The van der Waals surface area contributed by atoms with Gasteiger partial charge in [-0.1, -0.05) is 24.4 Å². The fourth-order valence-corrected chi connectivity index (χ4v) is 5.44. The van der Waals surface area contributed by atoms with Crippen molar-refractivity contribution in [2.24, 2.45) is 0 Å². The highest BCUT2D eigenvalue weighted by atomic mass is 35.5. The van der Waals surface area contributed by atoms with Gasteiger partial charge in [0.15, 0.2) is 5.82 Å². The summed E-state index contributed by atoms with van der Waals surface area (Å²) in [7, 11) is -1.36. The number of rotatable bonds is 6. The van der Waals surface area contributed by atoms with Gasteiger partial charge in [0, 0.05) is 37.1 Å². The number of sulfonamides is 1. The average Bonchev–Trinajstić information content (AvgIpc) is 3.00. The lowest BCUT2D eigenvalue weighted by Gasteiger charge is -2.33. The van der Waals surface area contributed by atoms with Crippen molar-refractivity contribution in [3.05, 3.63) is 35.0 Å². The Morgan fingerprint density at radius 3 is 2.72 bits per heavy atom. The van der Waals surface area contributed by atoms with Crippen molar-refractivity contribution in [2.45, 2.75) is 57.0 Å². The van der Waals surface area contributed by atoms with Gasteiger partial charge in [-0.15, -0.1) is 0 Å². The summed E-state index contributed by atoms with van der Waals surface area (Å²) in [6, 6.07) is 6.09. The quantitative estimate of drug-likeness (QED) is 0.578. The van der Waals surface area contributed by atoms with Crippen LogP contribution in [0.1, 0.15) is 44.1 Å². The summed E-state index contributed by atoms with van der Waals surface area (Å²) in [4.78, 5) is 11.1. The Morgan fingerprint density at radius 2 is 1.94 bits per heavy atom. The minimum atomic E-state index is -3.30. The topological polar surface area (TPSA) is 99.2 Å². The number of anilines is 4. The summed E-state index contributed by atoms with van der Waals surface area (Å²) < 4.78 is 26.3. The third kappa shape index (κ3) is 5.63. The lowest BCUT2D eigenvalue weighted by molar-refractivity contribution is 0.379. The molecular weight excluding hydrogens is 448 g/mol. The maximum atomic E-state index is 11.8. The Labute approximate surface area is 195 Å². The summed E-state index contributed by atoms with van der Waals surface area (Å²) in [5, 5.41) is 7.28. The molecule has 10 heteroatoms. The summed E-state index contributed by atoms with van der Waals surface area (Å²) in [6.07, 6.45) is 9.82. The number of nitrogens with one attached hydrogen (secondary N) is 3. The van der Waals surface area contributed by atoms with Gasteiger partial charge >= 0.3 is 0 Å². The standard InChI is InChI=1S/C22H31ClN6O2S/c1-29(16-10-11-18-15(13-16)7-5-6-12-24-18)22-25-14-17(23)21(27-22)26-19-8-3-4-9-20(19)28-32(2,30)31/h10-11,13-14,19-20,24,28H,3-9,12H2,1-2H3,(H,25,26,27)/t19-,20-/m1/s1. The average molecular weight is 479 g/mol. The molecule has 32 heavy (non-hydrogen) atoms. The smallest absolute Gasteiger partial charge is 0.231 e. The Bertz CT molecular complexity index is 1060. The summed E-state index contributed by atoms with van der Waals surface area (Å²) in [5.41, 5.74) is 3.51. The zero-order chi connectivity index (χ0) is 22.7. The highest BCUT2D eigenvalue weighted by molar-refractivity contribution is 7.88. The van der Waals surface area contributed by atoms with Crippen LogP contribution in [0.15, 0.2) is 24.4 Å². The largest absolute Gasteiger partial charge is 0.385 e. The minimum absolute atomic E-state index is 0.0809. The summed E-state index contributed by atoms with van der Waals surface area (Å²) in [6.45, 7) is 1.01. The monoisotopic (exact) mass is 478 g/mol. The molecule has 2 heterocycles. The van der Waals surface area contributed by atoms with Crippen LogP contribution < -0.4 is 20.3 Å². The number of fused-ring (bicyclic) bond motifs is 1. The first-order valence-corrected chi connectivity index (χ1v) is 13.4. The van der Waals surface area contributed by atoms with Gasteiger partial charge in [-0.05, 0) is 55.9 Å². The molecule has 4 rings (SSSR count). The maximum Gasteiger partial charge on any atom is 0.231 e. The van der Waals surface area contributed by atoms with Crippen LogP contribution in [0.2, 0.25) is 5.02 Å². The van der Waals surface area contributed by atoms with Crippen molar-refractivity contribution in [2.75, 3.05) is 35.4 Å². The molecule has 174 valence electrons. The normalized spacial score (nSPS) is 21.2. The fraction of sp³-hybridized carbons (Fsp3) is 0.545. The number of nitrogens with zero attached hydrogens (tertiary/aromatic N) is 3. The first-order valence-electron chi connectivity index (χ1n) is 11.2. The number of aromatic nitrogens is 2. The molecule has 2 atom stereocenters. The minimum Gasteiger partial charge on any atom is -0.385 e. The van der Waals surface area contributed by atoms with Gasteiger partial charge in [0.1, 0.15) is 5.02 Å². The number of benzene rings is 1. The molecule has 0 spiro atoms. The van der Waals surface area contributed by atoms with E-state index in [1.807, 2.05) is 11.9 Å². The van der Waals surface area contributed by atoms with Crippen molar-refractivity contribution in [1.82, 2.24) is 14.7 Å². The predicted octanol–water partition coefficient (Wildman–Crippen LogP) is 3.92. The summed E-state index contributed by atoms with van der Waals surface area (Å²) >= 11 is 6.41. The van der Waals surface area contributed by atoms with E-state index in [2.05, 4.69) is 43.5 Å². The van der Waals surface area contributed by atoms with Crippen LogP contribution in [0, 0.1) is 0 Å². The molecule has 2 aliphatic rings. The van der Waals surface area contributed by atoms with Gasteiger partial charge in [0.25, 0.3) is 0 Å². The van der Waals surface area contributed by atoms with Gasteiger partial charge in [0.2, 0.25) is 16.0 Å². The zero-order valence-electron chi connectivity index (χ0n) is 18.6. The van der Waals surface area contributed by atoms with Crippen LogP contribution in [0.25, 0.3) is 0 Å². The third-order valence-electron chi connectivity index (χ3n) is 6.15. The van der Waals surface area contributed by atoms with Gasteiger partial charge < -0.3 is 15.5 Å². The lowest BCUT2D eigenvalue weighted by atomic mass is 9.91. The van der Waals surface area contributed by atoms with Crippen LogP contribution in [0.4, 0.5) is 23.1 Å². The Hall–Kier alpha value is -2.10. The molecular formula is C22H31ClN6O2S. The first-order chi connectivity index (χ1) is 15.3. The lowest BCUT2D eigenvalue weighted by Crippen LogP contribution is -2.48. The third-order valence-corrected chi connectivity index (χ3v) is 7.16. The van der Waals surface area contributed by atoms with E-state index in [1.54, 1.807) is 6.20 Å². The molecule has 0 amide bonds. The van der Waals surface area contributed by atoms with E-state index in [4.69, 9.17) is 11.6 Å². The van der Waals surface area contributed by atoms with Crippen molar-refractivity contribution in [3.8, 4) is 0 Å². The van der Waals surface area contributed by atoms with Gasteiger partial charge in [-0.3, -0.25) is 0 Å². The Balaban J connectivity index is 1.55. The number of hydrogen-bond acceptors (Lipinski definition) is 7. The number of aryl methyl sites for hydroxylation is 1. The van der Waals surface area contributed by atoms with Crippen molar-refractivity contribution in [3.63, 3.8) is 0 Å². The van der Waals surface area contributed by atoms with Crippen LogP contribution >= 0.6 is 11.6 Å². The van der Waals surface area contributed by atoms with Crippen molar-refractivity contribution in [1.29, 1.82) is 0 Å². The van der Waals surface area contributed by atoms with E-state index in [-0.39, 0.29) is 12.1 Å². The van der Waals surface area contributed by atoms with Crippen LogP contribution in [-0.2, 0) is 16.4 Å². The number of hydrogen-bond donors (Lipinski definition) is 3. The molecule has 1 aromatic carbocycles. The molecule has 1 fully saturated rings. The molecule has 0 saturated heterocycles. The molecule has 8 nitrogen and oxygen atoms in total. The fourth-order valence-electron chi connectivity index (χ4n) is 4.46. The Morgan fingerprint density at radius 1 is 1.16 bits per heavy atom. The molecule has 1 aliphatic carbocycles. The molecule has 2 aromatic rings. The highest BCUT2D eigenvalue weighted by Gasteiger charge is 2.28. The Kier molecular flexibility index (Phi) is 7.07. The molecule has 0 unspecified atom stereocenters. The molecule has 1 aromatic heterocycles. The second-order valence-electron chi connectivity index (χ2n) is 8.68. The molecule has 3 N–H and O–H groups in total. The van der Waals surface area contributed by atoms with E-state index in [9.17, 15) is 8.42 Å². The van der Waals surface area contributed by atoms with Crippen LogP contribution in [0.5, 0.6) is 0 Å². The van der Waals surface area contributed by atoms with Gasteiger partial charge in [-0.25, -0.2) is 18.1 Å². The van der Waals surface area contributed by atoms with E-state index < -0.39 is 10.0 Å². The summed E-state index contributed by atoms with van der Waals surface area (Å²) in [5.74, 6) is 1.05. The van der Waals surface area contributed by atoms with E-state index in [0.717, 1.165) is 44.3 Å². The van der Waals surface area contributed by atoms with E-state index >= 15 is 0 Å². The molecule has 0 radical (unpaired) electrons. The first kappa shape index (κ1) is 23.1. The highest BCUT2D eigenvalue weighted by Crippen LogP contribution is 2.31. The van der Waals surface area contributed by atoms with E-state index in [1.165, 1.54) is 30.3 Å². The zero-order valence-corrected chi connectivity index (χ0v) is 20.1. The van der Waals surface area contributed by atoms with E-state index in [0.29, 0.717) is 16.8 Å². The SMILES string of the molecule is CN(c1ccc2c(c1)CCCCN2)c1ncc(Cl)c(N[C@@H]2CCCC[C@H]2NS(C)(=O)=O)n1. The molecule has 1 aliphatic heterocycles. The van der Waals surface area contributed by atoms with Crippen LogP contribution in [0.3, 0.4) is 0 Å². The molecule has 1 saturated carbocycles. The van der Waals surface area contributed by atoms with Gasteiger partial charge in [-0.2, -0.15) is 4.98 Å². The van der Waals surface area contributed by atoms with Crippen LogP contribution in [-0.4, -0.2) is 50.3 Å².